The third kappa shape index (κ3) is 3.25. The zero-order valence-electron chi connectivity index (χ0n) is 13.1. The Kier molecular flexibility index (Phi) is 4.51. The van der Waals surface area contributed by atoms with Crippen LogP contribution in [0.3, 0.4) is 0 Å². The van der Waals surface area contributed by atoms with Gasteiger partial charge in [0, 0.05) is 12.1 Å². The second-order valence-electron chi connectivity index (χ2n) is 5.67. The zero-order chi connectivity index (χ0) is 17.3. The predicted octanol–water partition coefficient (Wildman–Crippen LogP) is 3.44. The summed E-state index contributed by atoms with van der Waals surface area (Å²) in [5.74, 6) is -0.104. The SMILES string of the molecule is Cc1ccccc1C(=O)Nc1ccc(N2CCCS2(=O)=O)cc1Cl. The van der Waals surface area contributed by atoms with Gasteiger partial charge in [0.2, 0.25) is 10.0 Å². The second-order valence-corrected chi connectivity index (χ2v) is 8.09. The Morgan fingerprint density at radius 1 is 1.21 bits per heavy atom. The molecule has 1 aliphatic rings. The molecular weight excluding hydrogens is 348 g/mol. The number of anilines is 2. The molecule has 0 spiro atoms. The summed E-state index contributed by atoms with van der Waals surface area (Å²) in [7, 11) is -3.25. The molecule has 1 saturated heterocycles. The first-order valence-corrected chi connectivity index (χ1v) is 9.54. The average Bonchev–Trinajstić information content (AvgIpc) is 2.89. The van der Waals surface area contributed by atoms with Crippen LogP contribution in [0.2, 0.25) is 5.02 Å². The van der Waals surface area contributed by atoms with Crippen LogP contribution >= 0.6 is 11.6 Å². The van der Waals surface area contributed by atoms with E-state index >= 15 is 0 Å². The maximum Gasteiger partial charge on any atom is 0.255 e. The summed E-state index contributed by atoms with van der Waals surface area (Å²) < 4.78 is 25.3. The smallest absolute Gasteiger partial charge is 0.255 e. The molecule has 5 nitrogen and oxygen atoms in total. The highest BCUT2D eigenvalue weighted by molar-refractivity contribution is 7.93. The van der Waals surface area contributed by atoms with E-state index in [9.17, 15) is 13.2 Å². The van der Waals surface area contributed by atoms with Gasteiger partial charge >= 0.3 is 0 Å². The molecule has 0 bridgehead atoms. The fraction of sp³-hybridized carbons (Fsp3) is 0.235. The molecule has 0 atom stereocenters. The maximum absolute atomic E-state index is 12.4. The van der Waals surface area contributed by atoms with Crippen LogP contribution in [0.15, 0.2) is 42.5 Å². The van der Waals surface area contributed by atoms with Crippen LogP contribution in [0.5, 0.6) is 0 Å². The minimum atomic E-state index is -3.25. The number of nitrogens with one attached hydrogen (secondary N) is 1. The Hall–Kier alpha value is -2.05. The number of carbonyl (C=O) groups excluding carboxylic acids is 1. The van der Waals surface area contributed by atoms with E-state index in [0.717, 1.165) is 5.56 Å². The molecule has 1 amide bonds. The Labute approximate surface area is 146 Å². The van der Waals surface area contributed by atoms with E-state index in [2.05, 4.69) is 5.32 Å². The first kappa shape index (κ1) is 16.8. The van der Waals surface area contributed by atoms with E-state index < -0.39 is 10.0 Å². The highest BCUT2D eigenvalue weighted by atomic mass is 35.5. The van der Waals surface area contributed by atoms with Crippen LogP contribution in [0.4, 0.5) is 11.4 Å². The van der Waals surface area contributed by atoms with Crippen molar-refractivity contribution < 1.29 is 13.2 Å². The van der Waals surface area contributed by atoms with Gasteiger partial charge in [0.05, 0.1) is 22.2 Å². The zero-order valence-corrected chi connectivity index (χ0v) is 14.7. The molecule has 1 heterocycles. The second kappa shape index (κ2) is 6.45. The first-order valence-electron chi connectivity index (χ1n) is 7.55. The van der Waals surface area contributed by atoms with Gasteiger partial charge in [-0.25, -0.2) is 8.42 Å². The molecular formula is C17H17ClN2O3S. The van der Waals surface area contributed by atoms with E-state index in [0.29, 0.717) is 34.9 Å². The number of amides is 1. The summed E-state index contributed by atoms with van der Waals surface area (Å²) in [6.07, 6.45) is 0.603. The van der Waals surface area contributed by atoms with Crippen molar-refractivity contribution in [2.24, 2.45) is 0 Å². The van der Waals surface area contributed by atoms with Crippen molar-refractivity contribution in [3.8, 4) is 0 Å². The lowest BCUT2D eigenvalue weighted by atomic mass is 10.1. The third-order valence-electron chi connectivity index (χ3n) is 3.98. The predicted molar refractivity (Wildman–Crippen MR) is 96.3 cm³/mol. The molecule has 2 aromatic rings. The largest absolute Gasteiger partial charge is 0.321 e. The maximum atomic E-state index is 12.4. The molecule has 0 unspecified atom stereocenters. The lowest BCUT2D eigenvalue weighted by molar-refractivity contribution is 0.102. The number of hydrogen-bond donors (Lipinski definition) is 1. The molecule has 0 radical (unpaired) electrons. The number of carbonyl (C=O) groups is 1. The number of sulfonamides is 1. The minimum Gasteiger partial charge on any atom is -0.321 e. The Morgan fingerprint density at radius 2 is 1.96 bits per heavy atom. The highest BCUT2D eigenvalue weighted by Crippen LogP contribution is 2.31. The number of hydrogen-bond acceptors (Lipinski definition) is 3. The van der Waals surface area contributed by atoms with Crippen LogP contribution in [0.25, 0.3) is 0 Å². The molecule has 3 rings (SSSR count). The Bertz CT molecular complexity index is 896. The van der Waals surface area contributed by atoms with Gasteiger partial charge in [-0.05, 0) is 43.2 Å². The van der Waals surface area contributed by atoms with Crippen LogP contribution < -0.4 is 9.62 Å². The summed E-state index contributed by atoms with van der Waals surface area (Å²) in [5.41, 5.74) is 2.40. The Balaban J connectivity index is 1.83. The van der Waals surface area contributed by atoms with Gasteiger partial charge in [0.15, 0.2) is 0 Å². The standard InChI is InChI=1S/C17H17ClN2O3S/c1-12-5-2-3-6-14(12)17(21)19-16-8-7-13(11-15(16)18)20-9-4-10-24(20,22)23/h2-3,5-8,11H,4,9-10H2,1H3,(H,19,21). The van der Waals surface area contributed by atoms with Crippen molar-refractivity contribution in [1.29, 1.82) is 0 Å². The van der Waals surface area contributed by atoms with E-state index in [1.807, 2.05) is 19.1 Å². The summed E-state index contributed by atoms with van der Waals surface area (Å²) in [6.45, 7) is 2.31. The van der Waals surface area contributed by atoms with E-state index in [-0.39, 0.29) is 11.7 Å². The molecule has 0 aliphatic carbocycles. The van der Waals surface area contributed by atoms with Crippen molar-refractivity contribution in [2.45, 2.75) is 13.3 Å². The van der Waals surface area contributed by atoms with Crippen LogP contribution in [-0.2, 0) is 10.0 Å². The summed E-state index contributed by atoms with van der Waals surface area (Å²) in [6, 6.07) is 12.1. The molecule has 2 aromatic carbocycles. The molecule has 0 saturated carbocycles. The van der Waals surface area contributed by atoms with Gasteiger partial charge in [0.1, 0.15) is 0 Å². The van der Waals surface area contributed by atoms with Crippen LogP contribution in [0.1, 0.15) is 22.3 Å². The topological polar surface area (TPSA) is 66.5 Å². The van der Waals surface area contributed by atoms with Gasteiger partial charge < -0.3 is 5.32 Å². The van der Waals surface area contributed by atoms with Gasteiger partial charge in [-0.1, -0.05) is 29.8 Å². The quantitative estimate of drug-likeness (QED) is 0.907. The fourth-order valence-electron chi connectivity index (χ4n) is 2.71. The van der Waals surface area contributed by atoms with Crippen molar-refractivity contribution >= 4 is 38.9 Å². The Morgan fingerprint density at radius 3 is 2.58 bits per heavy atom. The van der Waals surface area contributed by atoms with E-state index in [1.54, 1.807) is 30.3 Å². The van der Waals surface area contributed by atoms with Gasteiger partial charge in [-0.3, -0.25) is 9.10 Å². The highest BCUT2D eigenvalue weighted by Gasteiger charge is 2.28. The molecule has 0 aromatic heterocycles. The molecule has 24 heavy (non-hydrogen) atoms. The van der Waals surface area contributed by atoms with Crippen molar-refractivity contribution in [1.82, 2.24) is 0 Å². The average molecular weight is 365 g/mol. The molecule has 1 N–H and O–H groups in total. The van der Waals surface area contributed by atoms with Gasteiger partial charge in [-0.15, -0.1) is 0 Å². The van der Waals surface area contributed by atoms with E-state index in [4.69, 9.17) is 11.6 Å². The lowest BCUT2D eigenvalue weighted by Crippen LogP contribution is -2.25. The third-order valence-corrected chi connectivity index (χ3v) is 6.16. The van der Waals surface area contributed by atoms with Crippen LogP contribution in [0, 0.1) is 6.92 Å². The van der Waals surface area contributed by atoms with E-state index in [1.165, 1.54) is 4.31 Å². The molecule has 1 aliphatic heterocycles. The number of rotatable bonds is 3. The van der Waals surface area contributed by atoms with Gasteiger partial charge in [-0.2, -0.15) is 0 Å². The number of aryl methyl sites for hydroxylation is 1. The first-order chi connectivity index (χ1) is 11.4. The normalized spacial score (nSPS) is 16.2. The van der Waals surface area contributed by atoms with Crippen molar-refractivity contribution in [3.63, 3.8) is 0 Å². The van der Waals surface area contributed by atoms with Crippen LogP contribution in [-0.4, -0.2) is 26.6 Å². The minimum absolute atomic E-state index is 0.149. The molecule has 7 heteroatoms. The summed E-state index contributed by atoms with van der Waals surface area (Å²) >= 11 is 6.24. The van der Waals surface area contributed by atoms with Gasteiger partial charge in [0.25, 0.3) is 5.91 Å². The lowest BCUT2D eigenvalue weighted by Gasteiger charge is -2.18. The fourth-order valence-corrected chi connectivity index (χ4v) is 4.49. The molecule has 1 fully saturated rings. The number of benzene rings is 2. The number of nitrogens with zero attached hydrogens (tertiary/aromatic N) is 1. The molecule has 126 valence electrons. The summed E-state index contributed by atoms with van der Waals surface area (Å²) in [4.78, 5) is 12.4. The van der Waals surface area contributed by atoms with Crippen molar-refractivity contribution in [2.75, 3.05) is 21.9 Å². The van der Waals surface area contributed by atoms with Crippen molar-refractivity contribution in [3.05, 3.63) is 58.6 Å². The number of halogens is 1. The monoisotopic (exact) mass is 364 g/mol. The summed E-state index contributed by atoms with van der Waals surface area (Å²) in [5, 5.41) is 3.07.